The highest BCUT2D eigenvalue weighted by atomic mass is 19.1. The summed E-state index contributed by atoms with van der Waals surface area (Å²) in [5.41, 5.74) is 0.859. The molecule has 1 aliphatic rings. The van der Waals surface area contributed by atoms with Gasteiger partial charge in [0.25, 0.3) is 5.91 Å². The summed E-state index contributed by atoms with van der Waals surface area (Å²) in [6.07, 6.45) is 1.82. The van der Waals surface area contributed by atoms with Crippen LogP contribution in [0.15, 0.2) is 41.0 Å². The molecule has 2 heterocycles. The molecule has 0 bridgehead atoms. The normalized spacial score (nSPS) is 14.8. The lowest BCUT2D eigenvalue weighted by Crippen LogP contribution is -2.49. The maximum atomic E-state index is 14.3. The number of piperazine rings is 1. The van der Waals surface area contributed by atoms with E-state index in [0.29, 0.717) is 49.6 Å². The summed E-state index contributed by atoms with van der Waals surface area (Å²) in [4.78, 5) is 27.5. The Morgan fingerprint density at radius 3 is 2.50 bits per heavy atom. The summed E-state index contributed by atoms with van der Waals surface area (Å²) in [6, 6.07) is 7.91. The van der Waals surface area contributed by atoms with Gasteiger partial charge in [0.2, 0.25) is 0 Å². The van der Waals surface area contributed by atoms with E-state index < -0.39 is 5.82 Å². The Balaban J connectivity index is 1.66. The number of carbonyl (C=O) groups is 2. The zero-order chi connectivity index (χ0) is 17.1. The van der Waals surface area contributed by atoms with E-state index >= 15 is 0 Å². The summed E-state index contributed by atoms with van der Waals surface area (Å²) in [5.74, 6) is -0.310. The average molecular weight is 330 g/mol. The second kappa shape index (κ2) is 6.86. The van der Waals surface area contributed by atoms with Gasteiger partial charge in [0.1, 0.15) is 5.82 Å². The van der Waals surface area contributed by atoms with Gasteiger partial charge in [0, 0.05) is 38.2 Å². The third-order valence-electron chi connectivity index (χ3n) is 4.23. The van der Waals surface area contributed by atoms with Gasteiger partial charge in [-0.25, -0.2) is 4.39 Å². The standard InChI is InChI=1S/C18H19FN2O3/c1-2-16(22)13-5-6-15(14(19)12-13)20-7-9-21(10-8-20)18(23)17-4-3-11-24-17/h3-6,11-12H,2,7-10H2,1H3. The minimum absolute atomic E-state index is 0.0747. The average Bonchev–Trinajstić information content (AvgIpc) is 3.15. The van der Waals surface area contributed by atoms with E-state index in [1.807, 2.05) is 4.90 Å². The molecule has 1 aromatic heterocycles. The van der Waals surface area contributed by atoms with E-state index in [1.165, 1.54) is 12.3 Å². The van der Waals surface area contributed by atoms with Gasteiger partial charge in [-0.2, -0.15) is 0 Å². The van der Waals surface area contributed by atoms with Crippen LogP contribution in [0, 0.1) is 5.82 Å². The highest BCUT2D eigenvalue weighted by molar-refractivity contribution is 5.96. The van der Waals surface area contributed by atoms with Crippen molar-refractivity contribution in [2.45, 2.75) is 13.3 Å². The Kier molecular flexibility index (Phi) is 4.64. The number of hydrogen-bond acceptors (Lipinski definition) is 4. The summed E-state index contributed by atoms with van der Waals surface area (Å²) < 4.78 is 19.4. The topological polar surface area (TPSA) is 53.8 Å². The van der Waals surface area contributed by atoms with Crippen LogP contribution < -0.4 is 4.90 Å². The van der Waals surface area contributed by atoms with Gasteiger partial charge in [-0.15, -0.1) is 0 Å². The quantitative estimate of drug-likeness (QED) is 0.809. The second-order valence-electron chi connectivity index (χ2n) is 5.70. The molecule has 1 aliphatic heterocycles. The zero-order valence-electron chi connectivity index (χ0n) is 13.5. The molecule has 5 nitrogen and oxygen atoms in total. The van der Waals surface area contributed by atoms with Crippen molar-refractivity contribution in [2.75, 3.05) is 31.1 Å². The molecule has 0 spiro atoms. The smallest absolute Gasteiger partial charge is 0.289 e. The molecule has 1 fully saturated rings. The van der Waals surface area contributed by atoms with E-state index in [9.17, 15) is 14.0 Å². The van der Waals surface area contributed by atoms with Crippen molar-refractivity contribution in [3.05, 3.63) is 53.7 Å². The molecule has 6 heteroatoms. The van der Waals surface area contributed by atoms with Crippen molar-refractivity contribution in [1.29, 1.82) is 0 Å². The predicted octanol–water partition coefficient (Wildman–Crippen LogP) is 2.97. The van der Waals surface area contributed by atoms with E-state index in [-0.39, 0.29) is 11.7 Å². The maximum Gasteiger partial charge on any atom is 0.289 e. The van der Waals surface area contributed by atoms with Gasteiger partial charge >= 0.3 is 0 Å². The summed E-state index contributed by atoms with van der Waals surface area (Å²) in [7, 11) is 0. The van der Waals surface area contributed by atoms with Gasteiger partial charge in [-0.05, 0) is 30.3 Å². The lowest BCUT2D eigenvalue weighted by atomic mass is 10.1. The molecule has 0 radical (unpaired) electrons. The molecule has 1 saturated heterocycles. The SMILES string of the molecule is CCC(=O)c1ccc(N2CCN(C(=O)c3ccco3)CC2)c(F)c1. The van der Waals surface area contributed by atoms with Gasteiger partial charge in [0.05, 0.1) is 12.0 Å². The highest BCUT2D eigenvalue weighted by Gasteiger charge is 2.25. The van der Waals surface area contributed by atoms with Gasteiger partial charge in [-0.1, -0.05) is 6.92 Å². The van der Waals surface area contributed by atoms with E-state index in [1.54, 1.807) is 36.1 Å². The Morgan fingerprint density at radius 1 is 1.17 bits per heavy atom. The number of rotatable bonds is 4. The first-order valence-electron chi connectivity index (χ1n) is 8.00. The first-order chi connectivity index (χ1) is 11.6. The van der Waals surface area contributed by atoms with Gasteiger partial charge in [-0.3, -0.25) is 9.59 Å². The van der Waals surface area contributed by atoms with Crippen molar-refractivity contribution >= 4 is 17.4 Å². The fraction of sp³-hybridized carbons (Fsp3) is 0.333. The molecule has 0 aliphatic carbocycles. The number of ketones is 1. The number of halogens is 1. The van der Waals surface area contributed by atoms with Crippen molar-refractivity contribution in [1.82, 2.24) is 4.90 Å². The van der Waals surface area contributed by atoms with Crippen LogP contribution in [-0.4, -0.2) is 42.8 Å². The summed E-state index contributed by atoms with van der Waals surface area (Å²) in [5, 5.41) is 0. The minimum Gasteiger partial charge on any atom is -0.459 e. The van der Waals surface area contributed by atoms with Crippen LogP contribution >= 0.6 is 0 Å². The molecule has 126 valence electrons. The fourth-order valence-corrected chi connectivity index (χ4v) is 2.85. The van der Waals surface area contributed by atoms with Crippen LogP contribution in [0.3, 0.4) is 0 Å². The van der Waals surface area contributed by atoms with Crippen LogP contribution in [0.4, 0.5) is 10.1 Å². The largest absolute Gasteiger partial charge is 0.459 e. The van der Waals surface area contributed by atoms with E-state index in [0.717, 1.165) is 0 Å². The second-order valence-corrected chi connectivity index (χ2v) is 5.70. The molecule has 0 atom stereocenters. The van der Waals surface area contributed by atoms with Gasteiger partial charge < -0.3 is 14.2 Å². The van der Waals surface area contributed by atoms with E-state index in [4.69, 9.17) is 4.42 Å². The van der Waals surface area contributed by atoms with Crippen LogP contribution in [0.5, 0.6) is 0 Å². The molecule has 1 amide bonds. The van der Waals surface area contributed by atoms with Crippen LogP contribution in [0.1, 0.15) is 34.3 Å². The fourth-order valence-electron chi connectivity index (χ4n) is 2.85. The van der Waals surface area contributed by atoms with Crippen molar-refractivity contribution < 1.29 is 18.4 Å². The molecule has 0 unspecified atom stereocenters. The van der Waals surface area contributed by atoms with Crippen molar-refractivity contribution in [2.24, 2.45) is 0 Å². The number of benzene rings is 1. The number of anilines is 1. The zero-order valence-corrected chi connectivity index (χ0v) is 13.5. The number of hydrogen-bond donors (Lipinski definition) is 0. The van der Waals surface area contributed by atoms with Crippen LogP contribution in [0.2, 0.25) is 0 Å². The highest BCUT2D eigenvalue weighted by Crippen LogP contribution is 2.23. The molecular formula is C18H19FN2O3. The molecular weight excluding hydrogens is 311 g/mol. The molecule has 0 saturated carbocycles. The van der Waals surface area contributed by atoms with Crippen molar-refractivity contribution in [3.63, 3.8) is 0 Å². The summed E-state index contributed by atoms with van der Waals surface area (Å²) in [6.45, 7) is 3.81. The lowest BCUT2D eigenvalue weighted by molar-refractivity contribution is 0.0714. The maximum absolute atomic E-state index is 14.3. The Morgan fingerprint density at radius 2 is 1.92 bits per heavy atom. The molecule has 0 N–H and O–H groups in total. The third kappa shape index (κ3) is 3.18. The molecule has 24 heavy (non-hydrogen) atoms. The Bertz CT molecular complexity index is 735. The monoisotopic (exact) mass is 330 g/mol. The first kappa shape index (κ1) is 16.2. The Hall–Kier alpha value is -2.63. The first-order valence-corrected chi connectivity index (χ1v) is 8.00. The van der Waals surface area contributed by atoms with Crippen molar-refractivity contribution in [3.8, 4) is 0 Å². The molecule has 1 aromatic carbocycles. The van der Waals surface area contributed by atoms with Crippen LogP contribution in [-0.2, 0) is 0 Å². The molecule has 3 rings (SSSR count). The van der Waals surface area contributed by atoms with E-state index in [2.05, 4.69) is 0 Å². The number of nitrogens with zero attached hydrogens (tertiary/aromatic N) is 2. The number of amides is 1. The van der Waals surface area contributed by atoms with Crippen LogP contribution in [0.25, 0.3) is 0 Å². The summed E-state index contributed by atoms with van der Waals surface area (Å²) >= 11 is 0. The minimum atomic E-state index is -0.403. The third-order valence-corrected chi connectivity index (χ3v) is 4.23. The number of carbonyl (C=O) groups excluding carboxylic acids is 2. The van der Waals surface area contributed by atoms with Gasteiger partial charge in [0.15, 0.2) is 11.5 Å². The molecule has 2 aromatic rings. The predicted molar refractivity (Wildman–Crippen MR) is 87.8 cm³/mol. The number of Topliss-reactive ketones (excluding diaryl/α,β-unsaturated/α-hetero) is 1. The lowest BCUT2D eigenvalue weighted by Gasteiger charge is -2.35. The Labute approximate surface area is 139 Å². The number of furan rings is 1.